The Morgan fingerprint density at radius 2 is 1.58 bits per heavy atom. The summed E-state index contributed by atoms with van der Waals surface area (Å²) in [7, 11) is 0. The molecular formula is C31H35F3N2. The Kier molecular flexibility index (Phi) is 9.14. The summed E-state index contributed by atoms with van der Waals surface area (Å²) < 4.78 is 39.1. The summed E-state index contributed by atoms with van der Waals surface area (Å²) >= 11 is 0. The molecule has 190 valence electrons. The summed E-state index contributed by atoms with van der Waals surface area (Å²) in [5.74, 6) is 1.03. The molecule has 3 rings (SSSR count). The van der Waals surface area contributed by atoms with Crippen molar-refractivity contribution in [3.8, 4) is 11.3 Å². The number of hydrogen-bond donors (Lipinski definition) is 1. The van der Waals surface area contributed by atoms with Gasteiger partial charge in [0.2, 0.25) is 0 Å². The van der Waals surface area contributed by atoms with Gasteiger partial charge in [0.25, 0.3) is 0 Å². The van der Waals surface area contributed by atoms with Crippen molar-refractivity contribution in [1.29, 1.82) is 0 Å². The van der Waals surface area contributed by atoms with Crippen LogP contribution in [0.3, 0.4) is 0 Å². The van der Waals surface area contributed by atoms with E-state index < -0.39 is 11.7 Å². The van der Waals surface area contributed by atoms with Crippen molar-refractivity contribution in [3.63, 3.8) is 0 Å². The molecule has 0 saturated carbocycles. The van der Waals surface area contributed by atoms with Crippen LogP contribution in [0.4, 0.5) is 13.2 Å². The van der Waals surface area contributed by atoms with Crippen LogP contribution in [0.2, 0.25) is 0 Å². The van der Waals surface area contributed by atoms with Crippen molar-refractivity contribution in [2.45, 2.75) is 46.3 Å². The highest BCUT2D eigenvalue weighted by atomic mass is 19.4. The first kappa shape index (κ1) is 27.3. The minimum atomic E-state index is -4.37. The fraction of sp³-hybridized carbons (Fsp3) is 0.323. The quantitative estimate of drug-likeness (QED) is 0.286. The van der Waals surface area contributed by atoms with Crippen molar-refractivity contribution < 1.29 is 13.2 Å². The van der Waals surface area contributed by atoms with Gasteiger partial charge in [0.15, 0.2) is 0 Å². The number of alkyl halides is 3. The number of nitrogens with zero attached hydrogens (tertiary/aromatic N) is 1. The average Bonchev–Trinajstić information content (AvgIpc) is 2.85. The molecule has 0 radical (unpaired) electrons. The molecule has 0 aliphatic heterocycles. The molecule has 36 heavy (non-hydrogen) atoms. The Morgan fingerprint density at radius 1 is 0.917 bits per heavy atom. The van der Waals surface area contributed by atoms with Crippen molar-refractivity contribution in [2.75, 3.05) is 0 Å². The van der Waals surface area contributed by atoms with Gasteiger partial charge in [-0.3, -0.25) is 4.98 Å². The Hall–Kier alpha value is -3.34. The highest BCUT2D eigenvalue weighted by Gasteiger charge is 2.30. The number of pyridine rings is 1. The van der Waals surface area contributed by atoms with E-state index in [-0.39, 0.29) is 12.0 Å². The van der Waals surface area contributed by atoms with Crippen molar-refractivity contribution in [3.05, 3.63) is 114 Å². The van der Waals surface area contributed by atoms with Crippen LogP contribution >= 0.6 is 0 Å². The molecule has 2 aromatic carbocycles. The van der Waals surface area contributed by atoms with E-state index in [0.29, 0.717) is 23.1 Å². The van der Waals surface area contributed by atoms with Crippen LogP contribution in [-0.2, 0) is 6.18 Å². The van der Waals surface area contributed by atoms with Crippen LogP contribution < -0.4 is 5.32 Å². The Bertz CT molecular complexity index is 1150. The number of hydrogen-bond acceptors (Lipinski definition) is 2. The molecule has 1 heterocycles. The number of halogens is 3. The minimum Gasteiger partial charge on any atom is -0.376 e. The summed E-state index contributed by atoms with van der Waals surface area (Å²) in [5.41, 5.74) is 3.61. The van der Waals surface area contributed by atoms with Gasteiger partial charge in [-0.05, 0) is 48.1 Å². The second-order valence-electron chi connectivity index (χ2n) is 9.75. The molecule has 0 fully saturated rings. The lowest BCUT2D eigenvalue weighted by Gasteiger charge is -2.30. The molecule has 0 amide bonds. The summed E-state index contributed by atoms with van der Waals surface area (Å²) in [6.07, 6.45) is 0.711. The molecule has 3 aromatic rings. The van der Waals surface area contributed by atoms with Gasteiger partial charge in [-0.15, -0.1) is 6.58 Å². The first-order valence-electron chi connectivity index (χ1n) is 12.4. The first-order valence-corrected chi connectivity index (χ1v) is 12.4. The third-order valence-electron chi connectivity index (χ3n) is 6.16. The fourth-order valence-electron chi connectivity index (χ4n) is 4.32. The normalized spacial score (nSPS) is 14.1. The highest BCUT2D eigenvalue weighted by molar-refractivity contribution is 5.60. The maximum absolute atomic E-state index is 13.0. The third kappa shape index (κ3) is 7.09. The number of rotatable bonds is 10. The van der Waals surface area contributed by atoms with E-state index in [2.05, 4.69) is 57.8 Å². The molecule has 2 nitrogen and oxygen atoms in total. The van der Waals surface area contributed by atoms with Crippen LogP contribution in [0.5, 0.6) is 0 Å². The van der Waals surface area contributed by atoms with Gasteiger partial charge in [-0.2, -0.15) is 13.2 Å². The van der Waals surface area contributed by atoms with Crippen molar-refractivity contribution in [2.24, 2.45) is 17.8 Å². The van der Waals surface area contributed by atoms with Gasteiger partial charge >= 0.3 is 6.18 Å². The largest absolute Gasteiger partial charge is 0.416 e. The summed E-state index contributed by atoms with van der Waals surface area (Å²) in [6, 6.07) is 20.7. The van der Waals surface area contributed by atoms with Crippen molar-refractivity contribution in [1.82, 2.24) is 10.3 Å². The summed E-state index contributed by atoms with van der Waals surface area (Å²) in [6.45, 7) is 12.7. The molecule has 1 unspecified atom stereocenters. The topological polar surface area (TPSA) is 24.9 Å². The van der Waals surface area contributed by atoms with E-state index in [1.54, 1.807) is 0 Å². The molecule has 1 aromatic heterocycles. The lowest BCUT2D eigenvalue weighted by atomic mass is 9.87. The molecule has 2 atom stereocenters. The van der Waals surface area contributed by atoms with E-state index in [1.807, 2.05) is 42.5 Å². The van der Waals surface area contributed by atoms with Gasteiger partial charge in [0.1, 0.15) is 0 Å². The molecule has 1 N–H and O–H groups in total. The second-order valence-corrected chi connectivity index (χ2v) is 9.75. The maximum Gasteiger partial charge on any atom is 0.416 e. The van der Waals surface area contributed by atoms with Gasteiger partial charge in [-0.25, -0.2) is 0 Å². The lowest BCUT2D eigenvalue weighted by Crippen LogP contribution is -2.29. The van der Waals surface area contributed by atoms with Crippen LogP contribution in [0, 0.1) is 17.8 Å². The zero-order valence-electron chi connectivity index (χ0n) is 21.4. The van der Waals surface area contributed by atoms with E-state index in [9.17, 15) is 13.2 Å². The summed E-state index contributed by atoms with van der Waals surface area (Å²) in [5, 5.41) is 3.79. The first-order chi connectivity index (χ1) is 17.1. The third-order valence-corrected chi connectivity index (χ3v) is 6.16. The molecule has 0 aliphatic rings. The van der Waals surface area contributed by atoms with Gasteiger partial charge in [0.05, 0.1) is 23.0 Å². The van der Waals surface area contributed by atoms with Crippen LogP contribution in [-0.4, -0.2) is 4.98 Å². The van der Waals surface area contributed by atoms with E-state index in [4.69, 9.17) is 4.98 Å². The van der Waals surface area contributed by atoms with Crippen LogP contribution in [0.25, 0.3) is 11.3 Å². The Labute approximate surface area is 213 Å². The summed E-state index contributed by atoms with van der Waals surface area (Å²) in [4.78, 5) is 4.90. The Balaban J connectivity index is 2.05. The molecule has 0 aliphatic carbocycles. The van der Waals surface area contributed by atoms with E-state index in [0.717, 1.165) is 35.5 Å². The number of allylic oxidation sites excluding steroid dienone is 3. The monoisotopic (exact) mass is 492 g/mol. The molecule has 5 heteroatoms. The van der Waals surface area contributed by atoms with E-state index >= 15 is 0 Å². The zero-order valence-corrected chi connectivity index (χ0v) is 21.4. The minimum absolute atomic E-state index is 0.225. The molecular weight excluding hydrogens is 457 g/mol. The Morgan fingerprint density at radius 3 is 2.14 bits per heavy atom. The van der Waals surface area contributed by atoms with Gasteiger partial charge in [-0.1, -0.05) is 88.4 Å². The highest BCUT2D eigenvalue weighted by Crippen LogP contribution is 2.32. The van der Waals surface area contributed by atoms with Gasteiger partial charge < -0.3 is 5.32 Å². The predicted octanol–water partition coefficient (Wildman–Crippen LogP) is 8.83. The number of benzene rings is 2. The molecule has 0 spiro atoms. The lowest BCUT2D eigenvalue weighted by molar-refractivity contribution is -0.137. The fourth-order valence-corrected chi connectivity index (χ4v) is 4.32. The van der Waals surface area contributed by atoms with Crippen LogP contribution in [0.1, 0.15) is 57.0 Å². The number of nitrogens with one attached hydrogen (secondary N) is 1. The maximum atomic E-state index is 13.0. The SMILES string of the molecule is C=CC[C@H](/C(=C/C(C)C)NC(c1ccccc1)c1cccc(-c2ccc(C(F)(F)F)cc2)n1)C(C)C. The van der Waals surface area contributed by atoms with Gasteiger partial charge in [0, 0.05) is 17.2 Å². The molecule has 0 saturated heterocycles. The molecule has 0 bridgehead atoms. The van der Waals surface area contributed by atoms with E-state index in [1.165, 1.54) is 12.1 Å². The smallest absolute Gasteiger partial charge is 0.376 e. The van der Waals surface area contributed by atoms with Crippen molar-refractivity contribution >= 4 is 0 Å². The zero-order chi connectivity index (χ0) is 26.3. The average molecular weight is 493 g/mol. The predicted molar refractivity (Wildman–Crippen MR) is 142 cm³/mol. The standard InChI is InChI=1S/C31H35F3N2/c1-6-11-26(22(4)5)29(20-21(2)3)36-30(24-12-8-7-9-13-24)28-15-10-14-27(35-28)23-16-18-25(19-17-23)31(32,33)34/h6-10,12-22,26,30,36H,1,11H2,2-5H3/b29-20-/t26-,30?/m0/s1. The van der Waals surface area contributed by atoms with Crippen LogP contribution in [0.15, 0.2) is 97.2 Å². The second kappa shape index (κ2) is 12.1. The number of aromatic nitrogens is 1.